The highest BCUT2D eigenvalue weighted by Gasteiger charge is 2.29. The van der Waals surface area contributed by atoms with Gasteiger partial charge in [0.2, 0.25) is 10.0 Å². The van der Waals surface area contributed by atoms with Gasteiger partial charge < -0.3 is 9.73 Å². The first kappa shape index (κ1) is 20.1. The molecule has 1 amide bonds. The Morgan fingerprint density at radius 2 is 1.93 bits per heavy atom. The number of nitrogens with one attached hydrogen (secondary N) is 2. The number of nitrogens with zero attached hydrogens (tertiary/aromatic N) is 1. The standard InChI is InChI=1S/C21H27N3O4S/c25-21(16-6-4-7-18(14-16)29(26,27)23-17-9-10-17)22-15-19(20-8-5-13-28-20)24-11-2-1-3-12-24/h4-8,13-14,17,19,23H,1-3,9-12,15H2,(H,22,25). The number of furan rings is 1. The van der Waals surface area contributed by atoms with E-state index in [4.69, 9.17) is 4.42 Å². The molecular weight excluding hydrogens is 390 g/mol. The molecule has 1 aromatic carbocycles. The summed E-state index contributed by atoms with van der Waals surface area (Å²) < 4.78 is 33.1. The van der Waals surface area contributed by atoms with E-state index in [1.807, 2.05) is 12.1 Å². The van der Waals surface area contributed by atoms with E-state index < -0.39 is 10.0 Å². The number of rotatable bonds is 8. The lowest BCUT2D eigenvalue weighted by atomic mass is 10.1. The normalized spacial score (nSPS) is 19.0. The summed E-state index contributed by atoms with van der Waals surface area (Å²) in [5, 5.41) is 2.96. The monoisotopic (exact) mass is 417 g/mol. The van der Waals surface area contributed by atoms with Gasteiger partial charge in [-0.2, -0.15) is 0 Å². The van der Waals surface area contributed by atoms with Crippen molar-refractivity contribution in [2.24, 2.45) is 0 Å². The van der Waals surface area contributed by atoms with Gasteiger partial charge in [0.05, 0.1) is 17.2 Å². The average Bonchev–Trinajstić information content (AvgIpc) is 3.37. The van der Waals surface area contributed by atoms with Crippen LogP contribution in [-0.2, 0) is 10.0 Å². The van der Waals surface area contributed by atoms with Gasteiger partial charge in [0.1, 0.15) is 5.76 Å². The lowest BCUT2D eigenvalue weighted by Crippen LogP contribution is -2.40. The van der Waals surface area contributed by atoms with Gasteiger partial charge in [0.25, 0.3) is 5.91 Å². The molecule has 1 aliphatic heterocycles. The van der Waals surface area contributed by atoms with Crippen LogP contribution in [0.25, 0.3) is 0 Å². The zero-order valence-corrected chi connectivity index (χ0v) is 17.2. The van der Waals surface area contributed by atoms with Gasteiger partial charge in [0.15, 0.2) is 0 Å². The highest BCUT2D eigenvalue weighted by molar-refractivity contribution is 7.89. The summed E-state index contributed by atoms with van der Waals surface area (Å²) in [6, 6.07) is 9.97. The second-order valence-electron chi connectivity index (χ2n) is 7.76. The molecule has 4 rings (SSSR count). The van der Waals surface area contributed by atoms with Crippen LogP contribution in [0.15, 0.2) is 52.0 Å². The number of benzene rings is 1. The second kappa shape index (κ2) is 8.69. The van der Waals surface area contributed by atoms with Crippen molar-refractivity contribution in [3.8, 4) is 0 Å². The van der Waals surface area contributed by atoms with Crippen LogP contribution in [0.4, 0.5) is 0 Å². The molecule has 156 valence electrons. The molecule has 29 heavy (non-hydrogen) atoms. The molecule has 2 fully saturated rings. The fourth-order valence-corrected chi connectivity index (χ4v) is 5.06. The number of carbonyl (C=O) groups excluding carboxylic acids is 1. The Bertz CT molecular complexity index is 933. The third-order valence-electron chi connectivity index (χ3n) is 5.46. The summed E-state index contributed by atoms with van der Waals surface area (Å²) in [5.41, 5.74) is 0.334. The molecule has 0 bridgehead atoms. The zero-order chi connectivity index (χ0) is 20.3. The summed E-state index contributed by atoms with van der Waals surface area (Å²) in [5.74, 6) is 0.541. The van der Waals surface area contributed by atoms with E-state index in [9.17, 15) is 13.2 Å². The summed E-state index contributed by atoms with van der Waals surface area (Å²) in [4.78, 5) is 15.2. The van der Waals surface area contributed by atoms with Gasteiger partial charge in [0, 0.05) is 18.2 Å². The lowest BCUT2D eigenvalue weighted by molar-refractivity contribution is 0.0914. The van der Waals surface area contributed by atoms with Gasteiger partial charge in [-0.05, 0) is 69.1 Å². The van der Waals surface area contributed by atoms with Crippen LogP contribution >= 0.6 is 0 Å². The first-order valence-electron chi connectivity index (χ1n) is 10.2. The molecule has 2 N–H and O–H groups in total. The van der Waals surface area contributed by atoms with Crippen LogP contribution in [-0.4, -0.2) is 44.9 Å². The van der Waals surface area contributed by atoms with Crippen molar-refractivity contribution in [3.63, 3.8) is 0 Å². The molecule has 1 aromatic heterocycles. The van der Waals surface area contributed by atoms with Crippen molar-refractivity contribution in [2.45, 2.75) is 49.1 Å². The highest BCUT2D eigenvalue weighted by Crippen LogP contribution is 2.25. The van der Waals surface area contributed by atoms with Crippen LogP contribution < -0.4 is 10.0 Å². The van der Waals surface area contributed by atoms with Crippen molar-refractivity contribution in [3.05, 3.63) is 54.0 Å². The van der Waals surface area contributed by atoms with Crippen LogP contribution in [0, 0.1) is 0 Å². The van der Waals surface area contributed by atoms with Gasteiger partial charge in [-0.15, -0.1) is 0 Å². The summed E-state index contributed by atoms with van der Waals surface area (Å²) in [6.07, 6.45) is 6.88. The molecule has 8 heteroatoms. The molecule has 1 saturated heterocycles. The Hall–Kier alpha value is -2.16. The van der Waals surface area contributed by atoms with E-state index in [0.29, 0.717) is 12.1 Å². The average molecular weight is 418 g/mol. The fraction of sp³-hybridized carbons (Fsp3) is 0.476. The van der Waals surface area contributed by atoms with Crippen LogP contribution in [0.1, 0.15) is 54.3 Å². The second-order valence-corrected chi connectivity index (χ2v) is 9.48. The summed E-state index contributed by atoms with van der Waals surface area (Å²) in [7, 11) is -3.59. The molecule has 2 aromatic rings. The van der Waals surface area contributed by atoms with Crippen molar-refractivity contribution >= 4 is 15.9 Å². The first-order chi connectivity index (χ1) is 14.0. The number of amides is 1. The Labute approximate surface area is 171 Å². The van der Waals surface area contributed by atoms with Gasteiger partial charge in [-0.3, -0.25) is 9.69 Å². The largest absolute Gasteiger partial charge is 0.468 e. The minimum atomic E-state index is -3.59. The topological polar surface area (TPSA) is 91.7 Å². The molecule has 0 spiro atoms. The molecule has 1 aliphatic carbocycles. The quantitative estimate of drug-likeness (QED) is 0.689. The molecule has 2 heterocycles. The number of likely N-dealkylation sites (tertiary alicyclic amines) is 1. The van der Waals surface area contributed by atoms with E-state index in [1.54, 1.807) is 18.4 Å². The smallest absolute Gasteiger partial charge is 0.251 e. The summed E-state index contributed by atoms with van der Waals surface area (Å²) >= 11 is 0. The third-order valence-corrected chi connectivity index (χ3v) is 6.98. The van der Waals surface area contributed by atoms with Crippen molar-refractivity contribution in [1.29, 1.82) is 0 Å². The lowest BCUT2D eigenvalue weighted by Gasteiger charge is -2.33. The van der Waals surface area contributed by atoms with E-state index in [0.717, 1.165) is 44.5 Å². The van der Waals surface area contributed by atoms with E-state index in [-0.39, 0.29) is 22.9 Å². The predicted molar refractivity (Wildman–Crippen MR) is 109 cm³/mol. The van der Waals surface area contributed by atoms with Gasteiger partial charge >= 0.3 is 0 Å². The van der Waals surface area contributed by atoms with Crippen LogP contribution in [0.3, 0.4) is 0 Å². The van der Waals surface area contributed by atoms with Crippen LogP contribution in [0.5, 0.6) is 0 Å². The molecule has 1 atom stereocenters. The maximum atomic E-state index is 12.7. The van der Waals surface area contributed by atoms with Crippen molar-refractivity contribution < 1.29 is 17.6 Å². The molecule has 2 aliphatic rings. The minimum Gasteiger partial charge on any atom is -0.468 e. The van der Waals surface area contributed by atoms with Crippen LogP contribution in [0.2, 0.25) is 0 Å². The highest BCUT2D eigenvalue weighted by atomic mass is 32.2. The molecule has 0 radical (unpaired) electrons. The zero-order valence-electron chi connectivity index (χ0n) is 16.3. The van der Waals surface area contributed by atoms with Crippen molar-refractivity contribution in [2.75, 3.05) is 19.6 Å². The minimum absolute atomic E-state index is 0.0241. The number of hydrogen-bond donors (Lipinski definition) is 2. The number of sulfonamides is 1. The van der Waals surface area contributed by atoms with E-state index in [1.165, 1.54) is 18.6 Å². The van der Waals surface area contributed by atoms with Gasteiger partial charge in [-0.1, -0.05) is 12.5 Å². The maximum absolute atomic E-state index is 12.7. The molecule has 7 nitrogen and oxygen atoms in total. The first-order valence-corrected chi connectivity index (χ1v) is 11.7. The SMILES string of the molecule is O=C(NCC(c1ccco1)N1CCCCC1)c1cccc(S(=O)(=O)NC2CC2)c1. The van der Waals surface area contributed by atoms with Gasteiger partial charge in [-0.25, -0.2) is 13.1 Å². The molecule has 1 saturated carbocycles. The Kier molecular flexibility index (Phi) is 6.03. The van der Waals surface area contributed by atoms with Crippen molar-refractivity contribution in [1.82, 2.24) is 14.9 Å². The third kappa shape index (κ3) is 5.07. The number of hydrogen-bond acceptors (Lipinski definition) is 5. The maximum Gasteiger partial charge on any atom is 0.251 e. The molecular formula is C21H27N3O4S. The predicted octanol–water partition coefficient (Wildman–Crippen LogP) is 2.68. The summed E-state index contributed by atoms with van der Waals surface area (Å²) in [6.45, 7) is 2.35. The van der Waals surface area contributed by atoms with E-state index in [2.05, 4.69) is 14.9 Å². The number of carbonyl (C=O) groups is 1. The Morgan fingerprint density at radius 3 is 2.62 bits per heavy atom. The Morgan fingerprint density at radius 1 is 1.14 bits per heavy atom. The Balaban J connectivity index is 1.44. The number of piperidine rings is 1. The van der Waals surface area contributed by atoms with E-state index >= 15 is 0 Å². The molecule has 1 unspecified atom stereocenters. The fourth-order valence-electron chi connectivity index (χ4n) is 3.71.